The van der Waals surface area contributed by atoms with E-state index in [-0.39, 0.29) is 11.6 Å². The van der Waals surface area contributed by atoms with Gasteiger partial charge >= 0.3 is 0 Å². The Kier molecular flexibility index (Phi) is 5.97. The number of nitrogens with one attached hydrogen (secondary N) is 1. The van der Waals surface area contributed by atoms with Crippen LogP contribution >= 0.6 is 0 Å². The first-order valence-electron chi connectivity index (χ1n) is 10.6. The minimum Gasteiger partial charge on any atom is -0.383 e. The second kappa shape index (κ2) is 8.65. The van der Waals surface area contributed by atoms with Crippen LogP contribution in [0.5, 0.6) is 0 Å². The third-order valence-electron chi connectivity index (χ3n) is 5.98. The number of tetrazole rings is 1. The van der Waals surface area contributed by atoms with Crippen molar-refractivity contribution in [1.82, 2.24) is 30.1 Å². The molecule has 0 radical (unpaired) electrons. The average Bonchev–Trinajstić information content (AvgIpc) is 3.16. The van der Waals surface area contributed by atoms with Crippen LogP contribution in [-0.2, 0) is 11.3 Å². The van der Waals surface area contributed by atoms with Crippen LogP contribution in [0.25, 0.3) is 10.9 Å². The highest BCUT2D eigenvalue weighted by atomic mass is 16.5. The molecule has 1 fully saturated rings. The minimum atomic E-state index is -0.298. The van der Waals surface area contributed by atoms with Gasteiger partial charge in [-0.05, 0) is 72.7 Å². The number of aryl methyl sites for hydroxylation is 2. The van der Waals surface area contributed by atoms with E-state index >= 15 is 0 Å². The Morgan fingerprint density at radius 3 is 2.90 bits per heavy atom. The van der Waals surface area contributed by atoms with Gasteiger partial charge in [0.2, 0.25) is 0 Å². The number of hydrogen-bond donors (Lipinski definition) is 1. The Bertz CT molecular complexity index is 1090. The van der Waals surface area contributed by atoms with Gasteiger partial charge in [0.05, 0.1) is 18.7 Å². The van der Waals surface area contributed by atoms with Gasteiger partial charge in [0.1, 0.15) is 6.04 Å². The van der Waals surface area contributed by atoms with Gasteiger partial charge < -0.3 is 9.72 Å². The number of benzene rings is 1. The smallest absolute Gasteiger partial charge is 0.253 e. The first-order chi connectivity index (χ1) is 14.5. The van der Waals surface area contributed by atoms with Gasteiger partial charge in [-0.1, -0.05) is 18.6 Å². The molecular weight excluding hydrogens is 380 g/mol. The maximum atomic E-state index is 13.3. The summed E-state index contributed by atoms with van der Waals surface area (Å²) >= 11 is 0. The maximum Gasteiger partial charge on any atom is 0.253 e. The van der Waals surface area contributed by atoms with Gasteiger partial charge in [-0.2, -0.15) is 0 Å². The van der Waals surface area contributed by atoms with Crippen LogP contribution in [-0.4, -0.2) is 56.9 Å². The van der Waals surface area contributed by atoms with Gasteiger partial charge in [0, 0.05) is 19.2 Å². The molecule has 3 heterocycles. The molecule has 8 heteroatoms. The number of ether oxygens (including phenoxy) is 1. The highest BCUT2D eigenvalue weighted by Crippen LogP contribution is 2.31. The first kappa shape index (κ1) is 20.7. The summed E-state index contributed by atoms with van der Waals surface area (Å²) in [5, 5.41) is 13.5. The molecule has 0 bridgehead atoms. The van der Waals surface area contributed by atoms with Crippen molar-refractivity contribution in [3.63, 3.8) is 0 Å². The number of pyridine rings is 1. The zero-order chi connectivity index (χ0) is 21.3. The van der Waals surface area contributed by atoms with Gasteiger partial charge in [-0.15, -0.1) is 5.10 Å². The van der Waals surface area contributed by atoms with Crippen molar-refractivity contribution in [3.05, 3.63) is 51.1 Å². The van der Waals surface area contributed by atoms with Crippen LogP contribution in [0.1, 0.15) is 48.3 Å². The molecule has 0 amide bonds. The van der Waals surface area contributed by atoms with Crippen LogP contribution in [0.4, 0.5) is 0 Å². The summed E-state index contributed by atoms with van der Waals surface area (Å²) in [5.74, 6) is 1.25. The summed E-state index contributed by atoms with van der Waals surface area (Å²) in [6, 6.07) is 5.93. The third-order valence-corrected chi connectivity index (χ3v) is 5.98. The fraction of sp³-hybridized carbons (Fsp3) is 0.545. The zero-order valence-electron chi connectivity index (χ0n) is 18.2. The highest BCUT2D eigenvalue weighted by molar-refractivity contribution is 5.83. The van der Waals surface area contributed by atoms with E-state index in [9.17, 15) is 4.79 Å². The standard InChI is InChI=1S/C22H30N6O2/c1-14-6-5-7-27(13-14)20(21-24-25-26-28(21)8-9-30-4)18-12-17-11-15(2)10-16(3)19(17)23-22(18)29/h10-12,14,20H,5-9,13H2,1-4H3,(H,23,29). The molecule has 1 N–H and O–H groups in total. The number of rotatable bonds is 6. The summed E-state index contributed by atoms with van der Waals surface area (Å²) in [4.78, 5) is 18.7. The number of nitrogens with zero attached hydrogens (tertiary/aromatic N) is 5. The molecule has 0 spiro atoms. The summed E-state index contributed by atoms with van der Waals surface area (Å²) in [7, 11) is 1.66. The molecule has 1 aromatic carbocycles. The van der Waals surface area contributed by atoms with Crippen LogP contribution in [0.3, 0.4) is 0 Å². The molecule has 30 heavy (non-hydrogen) atoms. The first-order valence-corrected chi connectivity index (χ1v) is 10.6. The van der Waals surface area contributed by atoms with Crippen molar-refractivity contribution < 1.29 is 4.74 Å². The van der Waals surface area contributed by atoms with Crippen molar-refractivity contribution in [3.8, 4) is 0 Å². The minimum absolute atomic E-state index is 0.0843. The Morgan fingerprint density at radius 2 is 2.13 bits per heavy atom. The van der Waals surface area contributed by atoms with E-state index in [0.29, 0.717) is 30.5 Å². The summed E-state index contributed by atoms with van der Waals surface area (Å²) in [6.45, 7) is 9.24. The maximum absolute atomic E-state index is 13.3. The van der Waals surface area contributed by atoms with Crippen LogP contribution in [0.2, 0.25) is 0 Å². The van der Waals surface area contributed by atoms with E-state index in [4.69, 9.17) is 4.74 Å². The number of aromatic amines is 1. The molecule has 160 valence electrons. The lowest BCUT2D eigenvalue weighted by Crippen LogP contribution is -2.41. The molecule has 1 aliphatic rings. The lowest BCUT2D eigenvalue weighted by atomic mass is 9.95. The second-order valence-electron chi connectivity index (χ2n) is 8.50. The molecule has 2 atom stereocenters. The van der Waals surface area contributed by atoms with Crippen molar-refractivity contribution in [2.45, 2.75) is 46.2 Å². The van der Waals surface area contributed by atoms with Gasteiger partial charge in [0.25, 0.3) is 5.56 Å². The third kappa shape index (κ3) is 4.02. The fourth-order valence-electron chi connectivity index (χ4n) is 4.61. The van der Waals surface area contributed by atoms with E-state index in [2.05, 4.69) is 51.4 Å². The lowest BCUT2D eigenvalue weighted by Gasteiger charge is -2.36. The van der Waals surface area contributed by atoms with Gasteiger partial charge in [0.15, 0.2) is 5.82 Å². The number of aromatic nitrogens is 5. The predicted molar refractivity (Wildman–Crippen MR) is 116 cm³/mol. The number of H-pyrrole nitrogens is 1. The quantitative estimate of drug-likeness (QED) is 0.672. The average molecular weight is 411 g/mol. The molecule has 1 aliphatic heterocycles. The predicted octanol–water partition coefficient (Wildman–Crippen LogP) is 2.60. The number of fused-ring (bicyclic) bond motifs is 1. The molecule has 0 aliphatic carbocycles. The van der Waals surface area contributed by atoms with Crippen LogP contribution in [0, 0.1) is 19.8 Å². The number of piperidine rings is 1. The van der Waals surface area contributed by atoms with Crippen molar-refractivity contribution in [2.75, 3.05) is 26.8 Å². The number of hydrogen-bond acceptors (Lipinski definition) is 6. The molecular formula is C22H30N6O2. The highest BCUT2D eigenvalue weighted by Gasteiger charge is 2.32. The van der Waals surface area contributed by atoms with Crippen LogP contribution < -0.4 is 5.56 Å². The summed E-state index contributed by atoms with van der Waals surface area (Å²) in [6.07, 6.45) is 2.30. The van der Waals surface area contributed by atoms with Crippen molar-refractivity contribution >= 4 is 10.9 Å². The second-order valence-corrected chi connectivity index (χ2v) is 8.50. The number of methoxy groups -OCH3 is 1. The van der Waals surface area contributed by atoms with Crippen molar-refractivity contribution in [1.29, 1.82) is 0 Å². The molecule has 2 unspecified atom stereocenters. The van der Waals surface area contributed by atoms with E-state index in [1.54, 1.807) is 11.8 Å². The normalized spacial score (nSPS) is 18.7. The summed E-state index contributed by atoms with van der Waals surface area (Å²) < 4.78 is 6.99. The van der Waals surface area contributed by atoms with Crippen molar-refractivity contribution in [2.24, 2.45) is 5.92 Å². The monoisotopic (exact) mass is 410 g/mol. The van der Waals surface area contributed by atoms with E-state index in [1.807, 2.05) is 13.0 Å². The zero-order valence-corrected chi connectivity index (χ0v) is 18.2. The Balaban J connectivity index is 1.87. The fourth-order valence-corrected chi connectivity index (χ4v) is 4.61. The molecule has 4 rings (SSSR count). The topological polar surface area (TPSA) is 88.9 Å². The van der Waals surface area contributed by atoms with E-state index in [1.165, 1.54) is 12.0 Å². The molecule has 0 saturated carbocycles. The Hall–Kier alpha value is -2.58. The molecule has 3 aromatic rings. The van der Waals surface area contributed by atoms with E-state index in [0.717, 1.165) is 36.0 Å². The van der Waals surface area contributed by atoms with Gasteiger partial charge in [-0.3, -0.25) is 9.69 Å². The SMILES string of the molecule is COCCn1nnnc1C(c1cc2cc(C)cc(C)c2[nH]c1=O)N1CCCC(C)C1. The number of likely N-dealkylation sites (tertiary alicyclic amines) is 1. The Morgan fingerprint density at radius 1 is 1.30 bits per heavy atom. The Labute approximate surface area is 176 Å². The molecule has 8 nitrogen and oxygen atoms in total. The summed E-state index contributed by atoms with van der Waals surface area (Å²) in [5.41, 5.74) is 3.74. The van der Waals surface area contributed by atoms with E-state index < -0.39 is 0 Å². The molecule has 2 aromatic heterocycles. The lowest BCUT2D eigenvalue weighted by molar-refractivity contribution is 0.137. The largest absolute Gasteiger partial charge is 0.383 e. The van der Waals surface area contributed by atoms with Crippen LogP contribution in [0.15, 0.2) is 23.0 Å². The van der Waals surface area contributed by atoms with Gasteiger partial charge in [-0.25, -0.2) is 4.68 Å². The molecule has 1 saturated heterocycles.